The molecular weight excluding hydrogens is 506 g/mol. The fourth-order valence-electron chi connectivity index (χ4n) is 5.32. The van der Waals surface area contributed by atoms with Crippen LogP contribution in [0.2, 0.25) is 0 Å². The Kier molecular flexibility index (Phi) is 8.05. The van der Waals surface area contributed by atoms with Gasteiger partial charge in [-0.05, 0) is 73.2 Å². The number of nitrogens with one attached hydrogen (secondary N) is 1. The molecule has 0 bridgehead atoms. The summed E-state index contributed by atoms with van der Waals surface area (Å²) < 4.78 is 11.0. The first-order valence-corrected chi connectivity index (χ1v) is 13.7. The third kappa shape index (κ3) is 5.96. The molecule has 2 unspecified atom stereocenters. The Bertz CT molecular complexity index is 1360. The lowest BCUT2D eigenvalue weighted by Gasteiger charge is -2.34. The van der Waals surface area contributed by atoms with Crippen LogP contribution in [0.25, 0.3) is 0 Å². The zero-order valence-electron chi connectivity index (χ0n) is 23.1. The fraction of sp³-hybridized carbons (Fsp3) is 0.344. The second kappa shape index (κ2) is 11.8. The molecule has 2 fully saturated rings. The van der Waals surface area contributed by atoms with Gasteiger partial charge in [0.1, 0.15) is 5.75 Å². The summed E-state index contributed by atoms with van der Waals surface area (Å²) in [7, 11) is 1.57. The zero-order chi connectivity index (χ0) is 28.2. The molecule has 2 heterocycles. The minimum atomic E-state index is -0.777. The largest absolute Gasteiger partial charge is 0.497 e. The molecule has 1 N–H and O–H groups in total. The second-order valence-electron chi connectivity index (χ2n) is 10.7. The lowest BCUT2D eigenvalue weighted by Crippen LogP contribution is -2.50. The van der Waals surface area contributed by atoms with E-state index in [4.69, 9.17) is 9.47 Å². The van der Waals surface area contributed by atoms with Crippen LogP contribution in [0.5, 0.6) is 5.75 Å². The van der Waals surface area contributed by atoms with Crippen LogP contribution >= 0.6 is 0 Å². The maximum atomic E-state index is 13.9. The number of carbonyl (C=O) groups excluding carboxylic acids is 3. The number of hydrogen-bond acceptors (Lipinski definition) is 5. The molecule has 3 aromatic carbocycles. The van der Waals surface area contributed by atoms with Gasteiger partial charge in [0.25, 0.3) is 5.91 Å². The van der Waals surface area contributed by atoms with E-state index >= 15 is 0 Å². The number of aryl methyl sites for hydroxylation is 1. The lowest BCUT2D eigenvalue weighted by atomic mass is 9.96. The Morgan fingerprint density at radius 2 is 1.70 bits per heavy atom. The molecule has 0 aliphatic carbocycles. The molecule has 208 valence electrons. The summed E-state index contributed by atoms with van der Waals surface area (Å²) in [6.07, 6.45) is 0.624. The first-order valence-electron chi connectivity index (χ1n) is 13.7. The van der Waals surface area contributed by atoms with Crippen molar-refractivity contribution < 1.29 is 23.9 Å². The minimum Gasteiger partial charge on any atom is -0.497 e. The number of anilines is 1. The van der Waals surface area contributed by atoms with Gasteiger partial charge in [-0.3, -0.25) is 14.5 Å². The van der Waals surface area contributed by atoms with Crippen molar-refractivity contribution in [1.29, 1.82) is 0 Å². The predicted molar refractivity (Wildman–Crippen MR) is 152 cm³/mol. The molecule has 0 radical (unpaired) electrons. The number of benzene rings is 3. The molecule has 3 aromatic rings. The number of nitrogens with zero attached hydrogens (tertiary/aromatic N) is 2. The summed E-state index contributed by atoms with van der Waals surface area (Å²) in [5.41, 5.74) is 3.83. The van der Waals surface area contributed by atoms with Gasteiger partial charge in [-0.2, -0.15) is 0 Å². The van der Waals surface area contributed by atoms with E-state index in [-0.39, 0.29) is 18.4 Å². The molecule has 2 saturated heterocycles. The molecule has 2 aliphatic rings. The van der Waals surface area contributed by atoms with Gasteiger partial charge < -0.3 is 19.7 Å². The maximum Gasteiger partial charge on any atom is 0.411 e. The summed E-state index contributed by atoms with van der Waals surface area (Å²) in [4.78, 5) is 43.2. The Balaban J connectivity index is 1.37. The molecule has 0 aromatic heterocycles. The van der Waals surface area contributed by atoms with Crippen molar-refractivity contribution in [3.8, 4) is 5.75 Å². The van der Waals surface area contributed by atoms with E-state index in [0.29, 0.717) is 41.6 Å². The molecule has 5 rings (SSSR count). The number of methoxy groups -OCH3 is 1. The average Bonchev–Trinajstić information content (AvgIpc) is 3.28. The van der Waals surface area contributed by atoms with Gasteiger partial charge >= 0.3 is 6.09 Å². The summed E-state index contributed by atoms with van der Waals surface area (Å²) in [5, 5.41) is 2.89. The van der Waals surface area contributed by atoms with Gasteiger partial charge in [0.05, 0.1) is 13.7 Å². The van der Waals surface area contributed by atoms with Crippen molar-refractivity contribution in [2.45, 2.75) is 45.4 Å². The number of carbonyl (C=O) groups is 3. The van der Waals surface area contributed by atoms with Crippen molar-refractivity contribution in [2.75, 3.05) is 25.5 Å². The standard InChI is InChI=1S/C32H35N3O5/c1-21-15-17-34(18-16-21)31(37)28-29(40-32(38)35(28)20-23-6-4-5-22(2)19-23)24-7-11-26(12-8-24)33-30(36)25-9-13-27(39-3)14-10-25/h4-14,19,21,28-29H,15-18,20H2,1-3H3,(H,33,36). The van der Waals surface area contributed by atoms with Crippen LogP contribution in [0.4, 0.5) is 10.5 Å². The molecule has 2 aliphatic heterocycles. The van der Waals surface area contributed by atoms with Gasteiger partial charge in [0.15, 0.2) is 12.1 Å². The third-order valence-corrected chi connectivity index (χ3v) is 7.72. The smallest absolute Gasteiger partial charge is 0.411 e. The quantitative estimate of drug-likeness (QED) is 0.422. The fourth-order valence-corrected chi connectivity index (χ4v) is 5.32. The van der Waals surface area contributed by atoms with Crippen LogP contribution in [0, 0.1) is 12.8 Å². The van der Waals surface area contributed by atoms with E-state index in [1.54, 1.807) is 60.5 Å². The Morgan fingerprint density at radius 1 is 1.00 bits per heavy atom. The van der Waals surface area contributed by atoms with E-state index in [0.717, 1.165) is 24.0 Å². The second-order valence-corrected chi connectivity index (χ2v) is 10.7. The van der Waals surface area contributed by atoms with Gasteiger partial charge in [0.2, 0.25) is 5.91 Å². The van der Waals surface area contributed by atoms with Crippen LogP contribution in [0.15, 0.2) is 72.8 Å². The van der Waals surface area contributed by atoms with Crippen LogP contribution in [-0.2, 0) is 16.1 Å². The summed E-state index contributed by atoms with van der Waals surface area (Å²) in [6.45, 7) is 5.83. The van der Waals surface area contributed by atoms with E-state index in [9.17, 15) is 14.4 Å². The molecule has 8 nitrogen and oxygen atoms in total. The highest BCUT2D eigenvalue weighted by atomic mass is 16.6. The summed E-state index contributed by atoms with van der Waals surface area (Å²) in [5.74, 6) is 0.906. The number of cyclic esters (lactones) is 1. The van der Waals surface area contributed by atoms with Crippen molar-refractivity contribution in [3.63, 3.8) is 0 Å². The van der Waals surface area contributed by atoms with Gasteiger partial charge in [-0.1, -0.05) is 48.9 Å². The predicted octanol–water partition coefficient (Wildman–Crippen LogP) is 5.58. The van der Waals surface area contributed by atoms with Crippen molar-refractivity contribution in [2.24, 2.45) is 5.92 Å². The Hall–Kier alpha value is -4.33. The monoisotopic (exact) mass is 541 g/mol. The normalized spacial score (nSPS) is 19.3. The number of rotatable bonds is 7. The van der Waals surface area contributed by atoms with Crippen molar-refractivity contribution in [3.05, 3.63) is 95.1 Å². The highest BCUT2D eigenvalue weighted by molar-refractivity contribution is 6.04. The highest BCUT2D eigenvalue weighted by Gasteiger charge is 2.48. The zero-order valence-corrected chi connectivity index (χ0v) is 23.1. The molecule has 0 saturated carbocycles. The number of ether oxygens (including phenoxy) is 2. The summed E-state index contributed by atoms with van der Waals surface area (Å²) in [6, 6.07) is 21.1. The molecular formula is C32H35N3O5. The van der Waals surface area contributed by atoms with E-state index in [1.807, 2.05) is 36.1 Å². The number of likely N-dealkylation sites (tertiary alicyclic amines) is 1. The molecule has 0 spiro atoms. The van der Waals surface area contributed by atoms with Crippen molar-refractivity contribution >= 4 is 23.6 Å². The van der Waals surface area contributed by atoms with Gasteiger partial charge in [-0.15, -0.1) is 0 Å². The Morgan fingerprint density at radius 3 is 2.35 bits per heavy atom. The van der Waals surface area contributed by atoms with E-state index < -0.39 is 18.2 Å². The lowest BCUT2D eigenvalue weighted by molar-refractivity contribution is -0.138. The van der Waals surface area contributed by atoms with Crippen LogP contribution < -0.4 is 10.1 Å². The van der Waals surface area contributed by atoms with Crippen molar-refractivity contribution in [1.82, 2.24) is 9.80 Å². The van der Waals surface area contributed by atoms with E-state index in [1.165, 1.54) is 0 Å². The first kappa shape index (κ1) is 27.2. The van der Waals surface area contributed by atoms with Gasteiger partial charge in [-0.25, -0.2) is 4.79 Å². The highest BCUT2D eigenvalue weighted by Crippen LogP contribution is 2.36. The maximum absolute atomic E-state index is 13.9. The van der Waals surface area contributed by atoms with Crippen LogP contribution in [-0.4, -0.2) is 53.9 Å². The van der Waals surface area contributed by atoms with Crippen LogP contribution in [0.3, 0.4) is 0 Å². The molecule has 2 atom stereocenters. The minimum absolute atomic E-state index is 0.0905. The molecule has 8 heteroatoms. The SMILES string of the molecule is COc1ccc(C(=O)Nc2ccc(C3OC(=O)N(Cc4cccc(C)c4)C3C(=O)N3CCC(C)CC3)cc2)cc1. The Labute approximate surface area is 234 Å². The topological polar surface area (TPSA) is 88.2 Å². The summed E-state index contributed by atoms with van der Waals surface area (Å²) >= 11 is 0. The first-order chi connectivity index (χ1) is 19.3. The average molecular weight is 542 g/mol. The van der Waals surface area contributed by atoms with E-state index in [2.05, 4.69) is 12.2 Å². The number of piperidine rings is 1. The molecule has 40 heavy (non-hydrogen) atoms. The number of amides is 3. The van der Waals surface area contributed by atoms with Crippen LogP contribution in [0.1, 0.15) is 52.9 Å². The third-order valence-electron chi connectivity index (χ3n) is 7.72. The van der Waals surface area contributed by atoms with Gasteiger partial charge in [0, 0.05) is 24.3 Å². The molecule has 3 amide bonds. The number of hydrogen-bond donors (Lipinski definition) is 1.